The van der Waals surface area contributed by atoms with Crippen molar-refractivity contribution in [3.05, 3.63) is 64.7 Å². The molecule has 0 aliphatic carbocycles. The number of alkyl halides is 3. The first kappa shape index (κ1) is 16.5. The molecule has 132 valence electrons. The molecule has 1 fully saturated rings. The van der Waals surface area contributed by atoms with Gasteiger partial charge in [-0.1, -0.05) is 36.4 Å². The Labute approximate surface area is 145 Å². The fraction of sp³-hybridized carbons (Fsp3) is 0.400. The van der Waals surface area contributed by atoms with E-state index in [4.69, 9.17) is 0 Å². The summed E-state index contributed by atoms with van der Waals surface area (Å²) < 4.78 is 41.3. The van der Waals surface area contributed by atoms with Gasteiger partial charge in [-0.3, -0.25) is 0 Å². The van der Waals surface area contributed by atoms with E-state index in [0.717, 1.165) is 36.2 Å². The van der Waals surface area contributed by atoms with Gasteiger partial charge in [-0.2, -0.15) is 13.2 Å². The number of halogens is 3. The molecule has 2 aliphatic heterocycles. The summed E-state index contributed by atoms with van der Waals surface area (Å²) >= 11 is 0. The van der Waals surface area contributed by atoms with E-state index in [-0.39, 0.29) is 12.0 Å². The molecule has 0 saturated carbocycles. The van der Waals surface area contributed by atoms with Crippen LogP contribution >= 0.6 is 0 Å². The summed E-state index contributed by atoms with van der Waals surface area (Å²) in [5.41, 5.74) is 2.49. The van der Waals surface area contributed by atoms with Crippen LogP contribution in [0.1, 0.15) is 34.6 Å². The van der Waals surface area contributed by atoms with Gasteiger partial charge in [0.05, 0.1) is 11.3 Å². The van der Waals surface area contributed by atoms with Crippen LogP contribution in [0.2, 0.25) is 0 Å². The monoisotopic (exact) mass is 346 g/mol. The average molecular weight is 346 g/mol. The van der Waals surface area contributed by atoms with Gasteiger partial charge in [-0.15, -0.1) is 0 Å². The number of nitrogens with zero attached hydrogens (tertiary/aromatic N) is 1. The molecule has 0 bridgehead atoms. The molecule has 2 nitrogen and oxygen atoms in total. The van der Waals surface area contributed by atoms with Crippen molar-refractivity contribution in [1.82, 2.24) is 5.32 Å². The van der Waals surface area contributed by atoms with E-state index in [0.29, 0.717) is 12.1 Å². The highest BCUT2D eigenvalue weighted by Gasteiger charge is 2.44. The lowest BCUT2D eigenvalue weighted by Gasteiger charge is -2.31. The van der Waals surface area contributed by atoms with Gasteiger partial charge in [0.15, 0.2) is 0 Å². The topological polar surface area (TPSA) is 15.3 Å². The molecule has 2 atom stereocenters. The molecule has 5 heteroatoms. The van der Waals surface area contributed by atoms with Crippen LogP contribution in [0.15, 0.2) is 42.5 Å². The number of piperidine rings is 1. The van der Waals surface area contributed by atoms with Crippen molar-refractivity contribution in [3.63, 3.8) is 0 Å². The normalized spacial score (nSPS) is 22.6. The highest BCUT2D eigenvalue weighted by molar-refractivity contribution is 5.68. The molecule has 0 amide bonds. The molecule has 2 aromatic rings. The van der Waals surface area contributed by atoms with Crippen molar-refractivity contribution in [3.8, 4) is 0 Å². The first-order valence-electron chi connectivity index (χ1n) is 8.66. The van der Waals surface area contributed by atoms with Crippen LogP contribution in [0, 0.1) is 0 Å². The van der Waals surface area contributed by atoms with E-state index >= 15 is 0 Å². The van der Waals surface area contributed by atoms with E-state index in [1.54, 1.807) is 7.05 Å². The van der Waals surface area contributed by atoms with Crippen LogP contribution in [-0.4, -0.2) is 26.2 Å². The molecule has 1 N–H and O–H groups in total. The molecule has 25 heavy (non-hydrogen) atoms. The minimum Gasteiger partial charge on any atom is -0.370 e. The van der Waals surface area contributed by atoms with Crippen molar-refractivity contribution in [2.24, 2.45) is 0 Å². The zero-order valence-electron chi connectivity index (χ0n) is 14.1. The van der Waals surface area contributed by atoms with Gasteiger partial charge in [-0.05, 0) is 42.1 Å². The lowest BCUT2D eigenvalue weighted by Crippen LogP contribution is -2.42. The molecule has 2 aliphatic rings. The van der Waals surface area contributed by atoms with E-state index in [9.17, 15) is 13.2 Å². The second-order valence-electron chi connectivity index (χ2n) is 7.02. The van der Waals surface area contributed by atoms with Gasteiger partial charge >= 0.3 is 6.18 Å². The standard InChI is InChI=1S/C20H21F3N2/c1-25-18-7-8-24-12-16(18)15-10-14(9-13-5-3-2-4-6-13)11-17(19(15)25)20(21,22)23/h2-6,10-11,16,18,24H,7-9,12H2,1H3. The Hall–Kier alpha value is -2.01. The lowest BCUT2D eigenvalue weighted by atomic mass is 9.88. The van der Waals surface area contributed by atoms with E-state index in [1.807, 2.05) is 41.3 Å². The number of benzene rings is 2. The van der Waals surface area contributed by atoms with Gasteiger partial charge in [0.1, 0.15) is 0 Å². The quantitative estimate of drug-likeness (QED) is 0.877. The van der Waals surface area contributed by atoms with Crippen molar-refractivity contribution in [2.75, 3.05) is 25.0 Å². The summed E-state index contributed by atoms with van der Waals surface area (Å²) in [6, 6.07) is 13.2. The smallest absolute Gasteiger partial charge is 0.370 e. The largest absolute Gasteiger partial charge is 0.418 e. The number of likely N-dealkylation sites (N-methyl/N-ethyl adjacent to an activating group) is 1. The molecular weight excluding hydrogens is 325 g/mol. The molecule has 2 unspecified atom stereocenters. The first-order chi connectivity index (χ1) is 11.9. The van der Waals surface area contributed by atoms with E-state index < -0.39 is 11.7 Å². The summed E-state index contributed by atoms with van der Waals surface area (Å²) in [7, 11) is 1.81. The molecular formula is C20H21F3N2. The maximum atomic E-state index is 13.8. The number of hydrogen-bond acceptors (Lipinski definition) is 2. The Bertz CT molecular complexity index is 771. The number of nitrogens with one attached hydrogen (secondary N) is 1. The van der Waals surface area contributed by atoms with Crippen LogP contribution in [-0.2, 0) is 12.6 Å². The molecule has 2 aromatic carbocycles. The minimum atomic E-state index is -4.34. The first-order valence-corrected chi connectivity index (χ1v) is 8.66. The highest BCUT2D eigenvalue weighted by atomic mass is 19.4. The Kier molecular flexibility index (Phi) is 3.99. The fourth-order valence-electron chi connectivity index (χ4n) is 4.34. The predicted octanol–water partition coefficient (Wildman–Crippen LogP) is 4.19. The summed E-state index contributed by atoms with van der Waals surface area (Å²) in [5.74, 6) is 0.130. The van der Waals surface area contributed by atoms with Gasteiger partial charge in [0.2, 0.25) is 0 Å². The summed E-state index contributed by atoms with van der Waals surface area (Å²) in [4.78, 5) is 1.86. The second kappa shape index (κ2) is 6.06. The van der Waals surface area contributed by atoms with E-state index in [2.05, 4.69) is 5.32 Å². The molecule has 2 heterocycles. The second-order valence-corrected chi connectivity index (χ2v) is 7.02. The molecule has 0 radical (unpaired) electrons. The number of hydrogen-bond donors (Lipinski definition) is 1. The zero-order valence-corrected chi connectivity index (χ0v) is 14.1. The SMILES string of the molecule is CN1c2c(cc(Cc3ccccc3)cc2C(F)(F)F)C2CNCCC21. The van der Waals surface area contributed by atoms with Crippen molar-refractivity contribution in [2.45, 2.75) is 31.0 Å². The zero-order chi connectivity index (χ0) is 17.6. The van der Waals surface area contributed by atoms with E-state index in [1.165, 1.54) is 6.07 Å². The summed E-state index contributed by atoms with van der Waals surface area (Å²) in [6.07, 6.45) is -2.95. The van der Waals surface area contributed by atoms with Crippen molar-refractivity contribution in [1.29, 1.82) is 0 Å². The van der Waals surface area contributed by atoms with Gasteiger partial charge in [0.25, 0.3) is 0 Å². The van der Waals surface area contributed by atoms with Gasteiger partial charge in [0, 0.05) is 25.6 Å². The maximum absolute atomic E-state index is 13.8. The molecule has 4 rings (SSSR count). The van der Waals surface area contributed by atoms with Crippen LogP contribution in [0.3, 0.4) is 0 Å². The Morgan fingerprint density at radius 3 is 2.60 bits per heavy atom. The Morgan fingerprint density at radius 2 is 1.88 bits per heavy atom. The molecule has 0 aromatic heterocycles. The number of anilines is 1. The number of rotatable bonds is 2. The highest BCUT2D eigenvalue weighted by Crippen LogP contribution is 2.49. The third-order valence-corrected chi connectivity index (χ3v) is 5.45. The van der Waals surface area contributed by atoms with Crippen LogP contribution in [0.4, 0.5) is 18.9 Å². The van der Waals surface area contributed by atoms with Gasteiger partial charge in [-0.25, -0.2) is 0 Å². The van der Waals surface area contributed by atoms with Crippen LogP contribution in [0.25, 0.3) is 0 Å². The fourth-order valence-corrected chi connectivity index (χ4v) is 4.34. The molecule has 1 saturated heterocycles. The van der Waals surface area contributed by atoms with Gasteiger partial charge < -0.3 is 10.2 Å². The van der Waals surface area contributed by atoms with Crippen molar-refractivity contribution >= 4 is 5.69 Å². The third kappa shape index (κ3) is 2.91. The predicted molar refractivity (Wildman–Crippen MR) is 93.1 cm³/mol. The third-order valence-electron chi connectivity index (χ3n) is 5.45. The summed E-state index contributed by atoms with van der Waals surface area (Å²) in [6.45, 7) is 1.60. The Balaban J connectivity index is 1.82. The van der Waals surface area contributed by atoms with Crippen LogP contribution < -0.4 is 10.2 Å². The summed E-state index contributed by atoms with van der Waals surface area (Å²) in [5, 5.41) is 3.34. The van der Waals surface area contributed by atoms with Crippen LogP contribution in [0.5, 0.6) is 0 Å². The maximum Gasteiger partial charge on any atom is 0.418 e. The molecule has 0 spiro atoms. The average Bonchev–Trinajstić information content (AvgIpc) is 2.88. The number of fused-ring (bicyclic) bond motifs is 3. The Morgan fingerprint density at radius 1 is 1.12 bits per heavy atom. The minimum absolute atomic E-state index is 0.130. The van der Waals surface area contributed by atoms with Crippen molar-refractivity contribution < 1.29 is 13.2 Å². The lowest BCUT2D eigenvalue weighted by molar-refractivity contribution is -0.137.